The molecule has 2 atom stereocenters. The lowest BCUT2D eigenvalue weighted by Gasteiger charge is -2.47. The Hall–Kier alpha value is -0.160. The van der Waals surface area contributed by atoms with Crippen molar-refractivity contribution in [1.29, 1.82) is 0 Å². The van der Waals surface area contributed by atoms with Crippen LogP contribution in [0.25, 0.3) is 0 Å². The molecule has 150 valence electrons. The third-order valence-corrected chi connectivity index (χ3v) is 5.20. The van der Waals surface area contributed by atoms with Crippen molar-refractivity contribution in [2.24, 2.45) is 0 Å². The van der Waals surface area contributed by atoms with Gasteiger partial charge in [0.2, 0.25) is 0 Å². The zero-order chi connectivity index (χ0) is 18.6. The van der Waals surface area contributed by atoms with Gasteiger partial charge in [0.25, 0.3) is 0 Å². The highest BCUT2D eigenvalue weighted by Crippen LogP contribution is 2.40. The first kappa shape index (κ1) is 22.9. The third-order valence-electron chi connectivity index (χ3n) is 5.20. The molecule has 0 bridgehead atoms. The monoisotopic (exact) mass is 358 g/mol. The Kier molecular flexibility index (Phi) is 11.2. The molecule has 4 nitrogen and oxygen atoms in total. The Morgan fingerprint density at radius 2 is 1.40 bits per heavy atom. The maximum absolute atomic E-state index is 6.52. The molecular formula is C21H42O4. The average molecular weight is 359 g/mol. The van der Waals surface area contributed by atoms with Crippen molar-refractivity contribution in [2.45, 2.75) is 110 Å². The van der Waals surface area contributed by atoms with E-state index in [-0.39, 0.29) is 6.10 Å². The minimum atomic E-state index is -0.704. The van der Waals surface area contributed by atoms with E-state index in [4.69, 9.17) is 18.9 Å². The fraction of sp³-hybridized carbons (Fsp3) is 1.00. The van der Waals surface area contributed by atoms with Crippen molar-refractivity contribution in [1.82, 2.24) is 0 Å². The van der Waals surface area contributed by atoms with E-state index in [1.165, 1.54) is 32.1 Å². The van der Waals surface area contributed by atoms with Crippen LogP contribution in [-0.2, 0) is 18.9 Å². The topological polar surface area (TPSA) is 40.2 Å². The number of hydrogen-bond acceptors (Lipinski definition) is 4. The summed E-state index contributed by atoms with van der Waals surface area (Å²) in [5, 5.41) is 0. The maximum Gasteiger partial charge on any atom is 0.194 e. The van der Waals surface area contributed by atoms with E-state index in [2.05, 4.69) is 20.8 Å². The molecule has 4 heteroatoms. The van der Waals surface area contributed by atoms with Gasteiger partial charge in [0, 0.05) is 13.2 Å². The number of epoxide rings is 1. The lowest BCUT2D eigenvalue weighted by molar-refractivity contribution is -0.326. The van der Waals surface area contributed by atoms with Crippen molar-refractivity contribution < 1.29 is 18.9 Å². The van der Waals surface area contributed by atoms with Crippen LogP contribution in [0, 0.1) is 0 Å². The van der Waals surface area contributed by atoms with Gasteiger partial charge in [-0.3, -0.25) is 0 Å². The van der Waals surface area contributed by atoms with Crippen LogP contribution in [0.5, 0.6) is 0 Å². The SMILES string of the molecule is CCCCCCCC[C@@](CCC)(OCC1CO1)C(C)(OCC)OCC. The first-order valence-corrected chi connectivity index (χ1v) is 10.6. The van der Waals surface area contributed by atoms with Gasteiger partial charge >= 0.3 is 0 Å². The van der Waals surface area contributed by atoms with Crippen LogP contribution in [0.2, 0.25) is 0 Å². The molecule has 1 aliphatic heterocycles. The minimum Gasteiger partial charge on any atom is -0.371 e. The summed E-state index contributed by atoms with van der Waals surface area (Å²) in [6.07, 6.45) is 10.9. The maximum atomic E-state index is 6.52. The summed E-state index contributed by atoms with van der Waals surface area (Å²) >= 11 is 0. The van der Waals surface area contributed by atoms with Crippen molar-refractivity contribution in [2.75, 3.05) is 26.4 Å². The Bertz CT molecular complexity index is 324. The minimum absolute atomic E-state index is 0.258. The average Bonchev–Trinajstić information content (AvgIpc) is 3.40. The van der Waals surface area contributed by atoms with Crippen molar-refractivity contribution in [3.05, 3.63) is 0 Å². The number of hydrogen-bond donors (Lipinski definition) is 0. The van der Waals surface area contributed by atoms with Crippen LogP contribution in [0.4, 0.5) is 0 Å². The van der Waals surface area contributed by atoms with E-state index < -0.39 is 11.4 Å². The normalized spacial score (nSPS) is 19.8. The van der Waals surface area contributed by atoms with E-state index in [1.54, 1.807) is 0 Å². The van der Waals surface area contributed by atoms with Crippen molar-refractivity contribution in [3.63, 3.8) is 0 Å². The second kappa shape index (κ2) is 12.3. The zero-order valence-corrected chi connectivity index (χ0v) is 17.4. The van der Waals surface area contributed by atoms with Crippen LogP contribution >= 0.6 is 0 Å². The Morgan fingerprint density at radius 3 is 1.92 bits per heavy atom. The number of ether oxygens (including phenoxy) is 4. The lowest BCUT2D eigenvalue weighted by atomic mass is 9.83. The smallest absolute Gasteiger partial charge is 0.194 e. The van der Waals surface area contributed by atoms with Gasteiger partial charge in [-0.15, -0.1) is 0 Å². The highest BCUT2D eigenvalue weighted by Gasteiger charge is 2.51. The van der Waals surface area contributed by atoms with Gasteiger partial charge in [-0.1, -0.05) is 58.8 Å². The first-order valence-electron chi connectivity index (χ1n) is 10.6. The lowest BCUT2D eigenvalue weighted by Crippen LogP contribution is -2.58. The molecule has 0 aromatic rings. The Morgan fingerprint density at radius 1 is 0.800 bits per heavy atom. The van der Waals surface area contributed by atoms with Crippen LogP contribution in [0.1, 0.15) is 92.4 Å². The van der Waals surface area contributed by atoms with Crippen LogP contribution in [0.3, 0.4) is 0 Å². The fourth-order valence-electron chi connectivity index (χ4n) is 3.72. The quantitative estimate of drug-likeness (QED) is 0.196. The van der Waals surface area contributed by atoms with Gasteiger partial charge < -0.3 is 18.9 Å². The van der Waals surface area contributed by atoms with Crippen molar-refractivity contribution >= 4 is 0 Å². The summed E-state index contributed by atoms with van der Waals surface area (Å²) in [5.41, 5.74) is -0.398. The molecule has 0 aromatic heterocycles. The molecule has 0 spiro atoms. The highest BCUT2D eigenvalue weighted by atomic mass is 16.7. The van der Waals surface area contributed by atoms with E-state index in [9.17, 15) is 0 Å². The highest BCUT2D eigenvalue weighted by molar-refractivity contribution is 4.95. The van der Waals surface area contributed by atoms with E-state index in [1.807, 2.05) is 13.8 Å². The van der Waals surface area contributed by atoms with Crippen LogP contribution in [0.15, 0.2) is 0 Å². The predicted molar refractivity (Wildman–Crippen MR) is 103 cm³/mol. The van der Waals surface area contributed by atoms with Crippen LogP contribution < -0.4 is 0 Å². The van der Waals surface area contributed by atoms with E-state index in [0.717, 1.165) is 32.3 Å². The van der Waals surface area contributed by atoms with E-state index >= 15 is 0 Å². The summed E-state index contributed by atoms with van der Waals surface area (Å²) in [6, 6.07) is 0. The number of rotatable bonds is 17. The summed E-state index contributed by atoms with van der Waals surface area (Å²) in [6.45, 7) is 13.3. The largest absolute Gasteiger partial charge is 0.371 e. The standard InChI is InChI=1S/C21H42O4/c1-6-10-11-12-13-14-16-21(15-7-2,25-18-19-17-22-19)20(5,23-8-3)24-9-4/h19H,6-18H2,1-5H3/t19?,21-/m1/s1. The van der Waals surface area contributed by atoms with E-state index in [0.29, 0.717) is 19.8 Å². The summed E-state index contributed by atoms with van der Waals surface area (Å²) < 4.78 is 24.2. The molecule has 1 unspecified atom stereocenters. The zero-order valence-electron chi connectivity index (χ0n) is 17.4. The molecule has 1 aliphatic rings. The molecule has 0 amide bonds. The second-order valence-electron chi connectivity index (χ2n) is 7.34. The molecule has 25 heavy (non-hydrogen) atoms. The molecule has 0 N–H and O–H groups in total. The molecule has 0 aliphatic carbocycles. The Labute approximate surface area is 155 Å². The van der Waals surface area contributed by atoms with Gasteiger partial charge in [0.1, 0.15) is 11.7 Å². The molecule has 0 saturated carbocycles. The van der Waals surface area contributed by atoms with Gasteiger partial charge in [-0.2, -0.15) is 0 Å². The van der Waals surface area contributed by atoms with Gasteiger partial charge in [-0.25, -0.2) is 0 Å². The van der Waals surface area contributed by atoms with Gasteiger partial charge in [0.05, 0.1) is 13.2 Å². The first-order chi connectivity index (χ1) is 12.1. The molecule has 0 aromatic carbocycles. The number of unbranched alkanes of at least 4 members (excludes halogenated alkanes) is 5. The van der Waals surface area contributed by atoms with Gasteiger partial charge in [0.15, 0.2) is 5.79 Å². The molecule has 1 heterocycles. The molecule has 1 saturated heterocycles. The summed E-state index contributed by atoms with van der Waals surface area (Å²) in [7, 11) is 0. The second-order valence-corrected chi connectivity index (χ2v) is 7.34. The molecule has 0 radical (unpaired) electrons. The summed E-state index contributed by atoms with van der Waals surface area (Å²) in [4.78, 5) is 0. The predicted octanol–water partition coefficient (Wildman–Crippen LogP) is 5.48. The summed E-state index contributed by atoms with van der Waals surface area (Å²) in [5.74, 6) is -0.704. The Balaban J connectivity index is 2.78. The molecular weight excluding hydrogens is 316 g/mol. The fourth-order valence-corrected chi connectivity index (χ4v) is 3.72. The van der Waals surface area contributed by atoms with Crippen LogP contribution in [-0.4, -0.2) is 43.9 Å². The van der Waals surface area contributed by atoms with Gasteiger partial charge in [-0.05, 0) is 33.6 Å². The molecule has 1 fully saturated rings. The van der Waals surface area contributed by atoms with Crippen molar-refractivity contribution in [3.8, 4) is 0 Å². The molecule has 1 rings (SSSR count). The third kappa shape index (κ3) is 7.54.